The van der Waals surface area contributed by atoms with Crippen molar-refractivity contribution in [1.29, 1.82) is 0 Å². The molecule has 2 amide bonds. The van der Waals surface area contributed by atoms with Crippen LogP contribution < -0.4 is 5.32 Å². The quantitative estimate of drug-likeness (QED) is 0.843. The predicted octanol–water partition coefficient (Wildman–Crippen LogP) is 2.38. The summed E-state index contributed by atoms with van der Waals surface area (Å²) in [4.78, 5) is 30.9. The summed E-state index contributed by atoms with van der Waals surface area (Å²) in [5.41, 5.74) is 2.11. The van der Waals surface area contributed by atoms with E-state index in [2.05, 4.69) is 20.9 Å². The SMILES string of the molecule is CSCCC(NC(C)=O)C(=O)N1CCC(n2c(C)nc3ccccc32)C1. The molecular weight excluding hydrogens is 348 g/mol. The molecule has 140 valence electrons. The smallest absolute Gasteiger partial charge is 0.245 e. The van der Waals surface area contributed by atoms with Crippen molar-refractivity contribution in [3.63, 3.8) is 0 Å². The van der Waals surface area contributed by atoms with E-state index in [1.165, 1.54) is 6.92 Å². The molecule has 2 aromatic rings. The molecule has 1 saturated heterocycles. The van der Waals surface area contributed by atoms with Crippen LogP contribution in [-0.2, 0) is 9.59 Å². The molecule has 1 aromatic heterocycles. The molecule has 3 rings (SSSR count). The van der Waals surface area contributed by atoms with Crippen molar-refractivity contribution in [3.05, 3.63) is 30.1 Å². The van der Waals surface area contributed by atoms with Gasteiger partial charge in [0.2, 0.25) is 11.8 Å². The standard InChI is InChI=1S/C19H26N4O2S/c1-13-20-16-6-4-5-7-18(16)23(13)15-8-10-22(12-15)19(25)17(9-11-26-3)21-14(2)24/h4-7,15,17H,8-12H2,1-3H3,(H,21,24). The molecule has 0 radical (unpaired) electrons. The Morgan fingerprint density at radius 3 is 2.88 bits per heavy atom. The average molecular weight is 375 g/mol. The lowest BCUT2D eigenvalue weighted by Gasteiger charge is -2.24. The van der Waals surface area contributed by atoms with E-state index in [1.807, 2.05) is 36.3 Å². The van der Waals surface area contributed by atoms with E-state index in [4.69, 9.17) is 0 Å². The van der Waals surface area contributed by atoms with Crippen LogP contribution in [0.4, 0.5) is 0 Å². The van der Waals surface area contributed by atoms with E-state index < -0.39 is 6.04 Å². The van der Waals surface area contributed by atoms with Crippen LogP contribution in [0.5, 0.6) is 0 Å². The van der Waals surface area contributed by atoms with Crippen molar-refractivity contribution < 1.29 is 9.59 Å². The Bertz CT molecular complexity index is 804. The summed E-state index contributed by atoms with van der Waals surface area (Å²) in [5, 5.41) is 2.82. The third-order valence-corrected chi connectivity index (χ3v) is 5.54. The Morgan fingerprint density at radius 2 is 2.15 bits per heavy atom. The number of fused-ring (bicyclic) bond motifs is 1. The van der Waals surface area contributed by atoms with Crippen LogP contribution >= 0.6 is 11.8 Å². The molecule has 7 heteroatoms. The molecule has 0 bridgehead atoms. The van der Waals surface area contributed by atoms with E-state index in [0.29, 0.717) is 19.5 Å². The van der Waals surface area contributed by atoms with Crippen molar-refractivity contribution in [1.82, 2.24) is 19.8 Å². The molecule has 1 fully saturated rings. The van der Waals surface area contributed by atoms with Gasteiger partial charge in [0.15, 0.2) is 0 Å². The molecule has 1 aliphatic rings. The fourth-order valence-corrected chi connectivity index (χ4v) is 4.21. The second-order valence-electron chi connectivity index (χ2n) is 6.78. The first kappa shape index (κ1) is 18.8. The van der Waals surface area contributed by atoms with Gasteiger partial charge in [-0.2, -0.15) is 11.8 Å². The largest absolute Gasteiger partial charge is 0.345 e. The molecule has 26 heavy (non-hydrogen) atoms. The van der Waals surface area contributed by atoms with Crippen LogP contribution in [0.3, 0.4) is 0 Å². The lowest BCUT2D eigenvalue weighted by molar-refractivity contribution is -0.135. The van der Waals surface area contributed by atoms with Crippen molar-refractivity contribution in [3.8, 4) is 0 Å². The highest BCUT2D eigenvalue weighted by molar-refractivity contribution is 7.98. The van der Waals surface area contributed by atoms with Gasteiger partial charge in [0.05, 0.1) is 17.1 Å². The van der Waals surface area contributed by atoms with Crippen molar-refractivity contribution in [2.24, 2.45) is 0 Å². The number of likely N-dealkylation sites (tertiary alicyclic amines) is 1. The van der Waals surface area contributed by atoms with Gasteiger partial charge >= 0.3 is 0 Å². The van der Waals surface area contributed by atoms with E-state index in [9.17, 15) is 9.59 Å². The number of aromatic nitrogens is 2. The predicted molar refractivity (Wildman–Crippen MR) is 105 cm³/mol. The Balaban J connectivity index is 1.75. The molecule has 2 atom stereocenters. The zero-order chi connectivity index (χ0) is 18.7. The Morgan fingerprint density at radius 1 is 1.38 bits per heavy atom. The average Bonchev–Trinajstić information content (AvgIpc) is 3.20. The highest BCUT2D eigenvalue weighted by atomic mass is 32.2. The number of imidazole rings is 1. The lowest BCUT2D eigenvalue weighted by Crippen LogP contribution is -2.47. The number of aryl methyl sites for hydroxylation is 1. The van der Waals surface area contributed by atoms with Gasteiger partial charge in [0, 0.05) is 20.0 Å². The van der Waals surface area contributed by atoms with E-state index in [1.54, 1.807) is 11.8 Å². The summed E-state index contributed by atoms with van der Waals surface area (Å²) in [7, 11) is 0. The van der Waals surface area contributed by atoms with Gasteiger partial charge in [-0.1, -0.05) is 12.1 Å². The molecule has 1 aromatic carbocycles. The summed E-state index contributed by atoms with van der Waals surface area (Å²) < 4.78 is 2.25. The first-order valence-corrected chi connectivity index (χ1v) is 10.4. The summed E-state index contributed by atoms with van der Waals surface area (Å²) in [6.45, 7) is 4.86. The Kier molecular flexibility index (Phi) is 5.86. The van der Waals surface area contributed by atoms with Crippen LogP contribution in [0, 0.1) is 6.92 Å². The van der Waals surface area contributed by atoms with E-state index in [0.717, 1.165) is 29.0 Å². The van der Waals surface area contributed by atoms with E-state index >= 15 is 0 Å². The van der Waals surface area contributed by atoms with Gasteiger partial charge in [-0.3, -0.25) is 9.59 Å². The molecule has 6 nitrogen and oxygen atoms in total. The van der Waals surface area contributed by atoms with Gasteiger partial charge in [0.1, 0.15) is 11.9 Å². The molecule has 0 aliphatic carbocycles. The molecule has 1 aliphatic heterocycles. The minimum atomic E-state index is -0.431. The number of hydrogen-bond acceptors (Lipinski definition) is 4. The second kappa shape index (κ2) is 8.12. The van der Waals surface area contributed by atoms with Crippen LogP contribution in [-0.4, -0.2) is 57.4 Å². The number of para-hydroxylation sites is 2. The van der Waals surface area contributed by atoms with Gasteiger partial charge in [0.25, 0.3) is 0 Å². The molecular formula is C19H26N4O2S. The highest BCUT2D eigenvalue weighted by Gasteiger charge is 2.32. The third kappa shape index (κ3) is 3.87. The highest BCUT2D eigenvalue weighted by Crippen LogP contribution is 2.28. The van der Waals surface area contributed by atoms with Gasteiger partial charge in [-0.25, -0.2) is 4.98 Å². The number of carbonyl (C=O) groups excluding carboxylic acids is 2. The number of benzene rings is 1. The number of nitrogens with one attached hydrogen (secondary N) is 1. The zero-order valence-electron chi connectivity index (χ0n) is 15.6. The van der Waals surface area contributed by atoms with Crippen LogP contribution in [0.15, 0.2) is 24.3 Å². The number of nitrogens with zero attached hydrogens (tertiary/aromatic N) is 3. The fourth-order valence-electron chi connectivity index (χ4n) is 3.74. The maximum absolute atomic E-state index is 12.9. The molecule has 0 saturated carbocycles. The summed E-state index contributed by atoms with van der Waals surface area (Å²) in [6, 6.07) is 7.91. The van der Waals surface area contributed by atoms with Crippen molar-refractivity contribution in [2.45, 2.75) is 38.8 Å². The zero-order valence-corrected chi connectivity index (χ0v) is 16.4. The monoisotopic (exact) mass is 374 g/mol. The van der Waals surface area contributed by atoms with Gasteiger partial charge in [-0.05, 0) is 43.9 Å². The Hall–Kier alpha value is -2.02. The number of amides is 2. The summed E-state index contributed by atoms with van der Waals surface area (Å²) >= 11 is 1.68. The van der Waals surface area contributed by atoms with E-state index in [-0.39, 0.29) is 17.9 Å². The number of hydrogen-bond donors (Lipinski definition) is 1. The van der Waals surface area contributed by atoms with Crippen LogP contribution in [0.25, 0.3) is 11.0 Å². The van der Waals surface area contributed by atoms with Crippen molar-refractivity contribution >= 4 is 34.6 Å². The second-order valence-corrected chi connectivity index (χ2v) is 7.76. The first-order valence-electron chi connectivity index (χ1n) is 8.99. The van der Waals surface area contributed by atoms with Crippen LogP contribution in [0.2, 0.25) is 0 Å². The minimum Gasteiger partial charge on any atom is -0.345 e. The molecule has 1 N–H and O–H groups in total. The molecule has 2 heterocycles. The topological polar surface area (TPSA) is 67.2 Å². The van der Waals surface area contributed by atoms with Gasteiger partial charge in [-0.15, -0.1) is 0 Å². The summed E-state index contributed by atoms with van der Waals surface area (Å²) in [6.07, 6.45) is 3.57. The Labute approximate surface area is 158 Å². The lowest BCUT2D eigenvalue weighted by atomic mass is 10.2. The van der Waals surface area contributed by atoms with Crippen LogP contribution in [0.1, 0.15) is 31.6 Å². The number of thioether (sulfide) groups is 1. The van der Waals surface area contributed by atoms with Gasteiger partial charge < -0.3 is 14.8 Å². The normalized spacial score (nSPS) is 18.3. The maximum atomic E-state index is 12.9. The molecule has 2 unspecified atom stereocenters. The maximum Gasteiger partial charge on any atom is 0.245 e. The fraction of sp³-hybridized carbons (Fsp3) is 0.526. The number of rotatable bonds is 6. The number of carbonyl (C=O) groups is 2. The van der Waals surface area contributed by atoms with Crippen molar-refractivity contribution in [2.75, 3.05) is 25.1 Å². The molecule has 0 spiro atoms. The third-order valence-electron chi connectivity index (χ3n) is 4.90. The minimum absolute atomic E-state index is 0.0267. The summed E-state index contributed by atoms with van der Waals surface area (Å²) in [5.74, 6) is 1.70. The first-order chi connectivity index (χ1) is 12.5.